The second-order valence-corrected chi connectivity index (χ2v) is 19.0. The Balaban J connectivity index is 0.000000182. The minimum atomic E-state index is -0.380. The van der Waals surface area contributed by atoms with E-state index in [4.69, 9.17) is 10.2 Å². The van der Waals surface area contributed by atoms with E-state index in [1.165, 1.54) is 25.7 Å². The summed E-state index contributed by atoms with van der Waals surface area (Å²) in [5.41, 5.74) is -0.243. The van der Waals surface area contributed by atoms with Gasteiger partial charge in [0.15, 0.2) is 0 Å². The quantitative estimate of drug-likeness (QED) is 0.178. The molecule has 8 nitrogen and oxygen atoms in total. The Hall–Kier alpha value is -0.320. The van der Waals surface area contributed by atoms with Crippen LogP contribution in [0.25, 0.3) is 0 Å². The summed E-state index contributed by atoms with van der Waals surface area (Å²) in [4.78, 5) is 0. The van der Waals surface area contributed by atoms with Gasteiger partial charge in [-0.1, -0.05) is 41.5 Å². The smallest absolute Gasteiger partial charge is 0.0691 e. The van der Waals surface area contributed by atoms with E-state index >= 15 is 0 Å². The van der Waals surface area contributed by atoms with Gasteiger partial charge in [0, 0.05) is 24.0 Å². The van der Waals surface area contributed by atoms with Gasteiger partial charge in [-0.2, -0.15) is 0 Å². The molecule has 4 unspecified atom stereocenters. The average Bonchev–Trinajstić information content (AvgIpc) is 3.09. The summed E-state index contributed by atoms with van der Waals surface area (Å²) >= 11 is 0. The molecule has 6 aliphatic carbocycles. The van der Waals surface area contributed by atoms with Crippen molar-refractivity contribution in [2.24, 2.45) is 51.8 Å². The van der Waals surface area contributed by atoms with Crippen LogP contribution in [0.15, 0.2) is 0 Å². The van der Waals surface area contributed by atoms with Crippen molar-refractivity contribution in [1.82, 2.24) is 0 Å². The van der Waals surface area contributed by atoms with Crippen molar-refractivity contribution in [3.63, 3.8) is 0 Å². The molecule has 0 radical (unpaired) electrons. The standard InChI is InChI=1S/C15H28O2.C10H18O2.2C8H16O2/c1-15(2,11-3-7-13(16)8-4-11)12-5-9-14(17)10-6-12;11-9-3-1-7-5-10(12)4-2-8(7)6-9;1-7(2)5(9)8(3,4)6(7)10;9-5-7-1-2-8(6-10)4-3-7/h11-14,16-17H,3-10H2,1-2H3;7-12H,1-6H2;5-6,9-10H,1-4H3;7-10H,1-6H2. The molecule has 0 aromatic heterocycles. The molecular formula is C41H78O8. The van der Waals surface area contributed by atoms with E-state index in [0.29, 0.717) is 42.3 Å². The van der Waals surface area contributed by atoms with Crippen LogP contribution < -0.4 is 0 Å². The van der Waals surface area contributed by atoms with E-state index in [1.807, 2.05) is 27.7 Å². The van der Waals surface area contributed by atoms with Crippen molar-refractivity contribution in [1.29, 1.82) is 0 Å². The fraction of sp³-hybridized carbons (Fsp3) is 1.00. The fourth-order valence-electron chi connectivity index (χ4n) is 10.5. The Labute approximate surface area is 299 Å². The second-order valence-electron chi connectivity index (χ2n) is 19.0. The van der Waals surface area contributed by atoms with Gasteiger partial charge in [-0.05, 0) is 156 Å². The van der Waals surface area contributed by atoms with Gasteiger partial charge in [-0.3, -0.25) is 0 Å². The van der Waals surface area contributed by atoms with E-state index in [0.717, 1.165) is 102 Å². The lowest BCUT2D eigenvalue weighted by molar-refractivity contribution is -0.247. The lowest BCUT2D eigenvalue weighted by atomic mass is 9.51. The lowest BCUT2D eigenvalue weighted by Crippen LogP contribution is -2.67. The van der Waals surface area contributed by atoms with E-state index in [2.05, 4.69) is 13.8 Å². The monoisotopic (exact) mass is 699 g/mol. The zero-order valence-corrected chi connectivity index (χ0v) is 32.1. The molecule has 8 heteroatoms. The molecular weight excluding hydrogens is 620 g/mol. The molecule has 8 N–H and O–H groups in total. The Morgan fingerprint density at radius 2 is 0.714 bits per heavy atom. The van der Waals surface area contributed by atoms with E-state index in [-0.39, 0.29) is 47.5 Å². The van der Waals surface area contributed by atoms with Gasteiger partial charge < -0.3 is 40.9 Å². The van der Waals surface area contributed by atoms with Gasteiger partial charge >= 0.3 is 0 Å². The Bertz CT molecular complexity index is 830. The minimum Gasteiger partial charge on any atom is -0.396 e. The molecule has 0 heterocycles. The fourth-order valence-corrected chi connectivity index (χ4v) is 10.5. The topological polar surface area (TPSA) is 162 Å². The van der Waals surface area contributed by atoms with Crippen LogP contribution in [0.4, 0.5) is 0 Å². The summed E-state index contributed by atoms with van der Waals surface area (Å²) in [6.07, 6.45) is 18.3. The van der Waals surface area contributed by atoms with Crippen LogP contribution in [0, 0.1) is 51.8 Å². The molecule has 290 valence electrons. The Morgan fingerprint density at radius 1 is 0.429 bits per heavy atom. The Kier molecular flexibility index (Phi) is 16.8. The molecule has 0 saturated heterocycles. The van der Waals surface area contributed by atoms with Gasteiger partial charge in [0.25, 0.3) is 0 Å². The van der Waals surface area contributed by atoms with Crippen LogP contribution >= 0.6 is 0 Å². The highest BCUT2D eigenvalue weighted by atomic mass is 16.3. The number of fused-ring (bicyclic) bond motifs is 1. The first-order valence-electron chi connectivity index (χ1n) is 20.2. The normalized spacial score (nSPS) is 41.5. The number of rotatable bonds is 4. The first-order chi connectivity index (χ1) is 22.9. The lowest BCUT2D eigenvalue weighted by Gasteiger charge is -2.59. The second kappa shape index (κ2) is 19.1. The molecule has 49 heavy (non-hydrogen) atoms. The number of hydrogen-bond acceptors (Lipinski definition) is 8. The van der Waals surface area contributed by atoms with Crippen LogP contribution in [0.3, 0.4) is 0 Å². The molecule has 0 bridgehead atoms. The maximum atomic E-state index is 9.60. The number of aliphatic hydroxyl groups excluding tert-OH is 8. The first-order valence-corrected chi connectivity index (χ1v) is 20.2. The predicted molar refractivity (Wildman–Crippen MR) is 196 cm³/mol. The summed E-state index contributed by atoms with van der Waals surface area (Å²) in [5, 5.41) is 74.7. The molecule has 6 fully saturated rings. The first kappa shape index (κ1) is 43.1. The highest BCUT2D eigenvalue weighted by molar-refractivity contribution is 5.09. The van der Waals surface area contributed by atoms with Crippen LogP contribution in [0.1, 0.15) is 157 Å². The number of hydrogen-bond donors (Lipinski definition) is 8. The SMILES string of the molecule is CC(C)(C1CCC(O)CC1)C1CCC(O)CC1.CC1(C)C(O)C(C)(C)C1O.OC1CCC2CC(O)CCC2C1.OCC1CCC(CO)CC1. The summed E-state index contributed by atoms with van der Waals surface area (Å²) < 4.78 is 0. The highest BCUT2D eigenvalue weighted by Gasteiger charge is 2.60. The van der Waals surface area contributed by atoms with Crippen molar-refractivity contribution in [2.45, 2.75) is 194 Å². The van der Waals surface area contributed by atoms with Gasteiger partial charge in [-0.25, -0.2) is 0 Å². The third-order valence-electron chi connectivity index (χ3n) is 14.4. The molecule has 6 saturated carbocycles. The van der Waals surface area contributed by atoms with Gasteiger partial charge in [-0.15, -0.1) is 0 Å². The zero-order valence-electron chi connectivity index (χ0n) is 32.1. The molecule has 0 spiro atoms. The summed E-state index contributed by atoms with van der Waals surface area (Å²) in [7, 11) is 0. The Morgan fingerprint density at radius 3 is 0.980 bits per heavy atom. The predicted octanol–water partition coefficient (Wildman–Crippen LogP) is 5.97. The molecule has 6 rings (SSSR count). The largest absolute Gasteiger partial charge is 0.396 e. The van der Waals surface area contributed by atoms with Gasteiger partial charge in [0.05, 0.1) is 36.6 Å². The summed E-state index contributed by atoms with van der Waals surface area (Å²) in [5.74, 6) is 3.98. The third kappa shape index (κ3) is 11.8. The average molecular weight is 699 g/mol. The summed E-state index contributed by atoms with van der Waals surface area (Å²) in [6.45, 7) is 13.0. The summed E-state index contributed by atoms with van der Waals surface area (Å²) in [6, 6.07) is 0. The maximum absolute atomic E-state index is 9.60. The molecule has 0 aliphatic heterocycles. The van der Waals surface area contributed by atoms with Gasteiger partial charge in [0.1, 0.15) is 0 Å². The van der Waals surface area contributed by atoms with Crippen LogP contribution in [-0.4, -0.2) is 90.7 Å². The molecule has 6 aliphatic rings. The van der Waals surface area contributed by atoms with Crippen molar-refractivity contribution in [3.05, 3.63) is 0 Å². The molecule has 0 aromatic rings. The minimum absolute atomic E-state index is 0.0461. The van der Waals surface area contributed by atoms with E-state index in [9.17, 15) is 30.6 Å². The van der Waals surface area contributed by atoms with Crippen LogP contribution in [-0.2, 0) is 0 Å². The molecule has 0 aromatic carbocycles. The van der Waals surface area contributed by atoms with Crippen LogP contribution in [0.2, 0.25) is 0 Å². The number of aliphatic hydroxyl groups is 8. The van der Waals surface area contributed by atoms with E-state index < -0.39 is 0 Å². The molecule has 0 amide bonds. The van der Waals surface area contributed by atoms with Crippen molar-refractivity contribution >= 4 is 0 Å². The van der Waals surface area contributed by atoms with Gasteiger partial charge in [0.2, 0.25) is 0 Å². The van der Waals surface area contributed by atoms with Crippen molar-refractivity contribution < 1.29 is 40.9 Å². The van der Waals surface area contributed by atoms with Crippen molar-refractivity contribution in [2.75, 3.05) is 13.2 Å². The third-order valence-corrected chi connectivity index (χ3v) is 14.4. The highest BCUT2D eigenvalue weighted by Crippen LogP contribution is 2.53. The van der Waals surface area contributed by atoms with Crippen molar-refractivity contribution in [3.8, 4) is 0 Å². The zero-order chi connectivity index (χ0) is 36.6. The van der Waals surface area contributed by atoms with E-state index in [1.54, 1.807) is 0 Å². The molecule has 4 atom stereocenters. The van der Waals surface area contributed by atoms with Crippen LogP contribution in [0.5, 0.6) is 0 Å². The maximum Gasteiger partial charge on any atom is 0.0691 e.